The number of hydrogen-bond acceptors (Lipinski definition) is 6. The molecule has 1 heterocycles. The molecule has 1 rings (SSSR count). The van der Waals surface area contributed by atoms with Gasteiger partial charge in [0.05, 0.1) is 5.75 Å². The zero-order chi connectivity index (χ0) is 15.3. The standard InChI is InChI=1S/C10H12ClN3O5S/c1-20(18,19)5-4-7(10(16)17)12-9(15)6-2-3-8(11)14-13-6/h2-3,7H,4-5H2,1H3,(H,12,15)(H,16,17). The van der Waals surface area contributed by atoms with Gasteiger partial charge in [-0.25, -0.2) is 13.2 Å². The lowest BCUT2D eigenvalue weighted by atomic mass is 10.2. The summed E-state index contributed by atoms with van der Waals surface area (Å²) in [6.45, 7) is 0. The van der Waals surface area contributed by atoms with Gasteiger partial charge in [-0.1, -0.05) is 11.6 Å². The van der Waals surface area contributed by atoms with Crippen LogP contribution in [0.5, 0.6) is 0 Å². The smallest absolute Gasteiger partial charge is 0.326 e. The van der Waals surface area contributed by atoms with Crippen molar-refractivity contribution in [2.75, 3.05) is 12.0 Å². The van der Waals surface area contributed by atoms with Crippen LogP contribution in [-0.2, 0) is 14.6 Å². The van der Waals surface area contributed by atoms with Crippen LogP contribution < -0.4 is 5.32 Å². The predicted octanol–water partition coefficient (Wildman–Crippen LogP) is -0.252. The van der Waals surface area contributed by atoms with E-state index in [4.69, 9.17) is 16.7 Å². The fourth-order valence-electron chi connectivity index (χ4n) is 1.26. The first kappa shape index (κ1) is 16.3. The molecule has 110 valence electrons. The Morgan fingerprint density at radius 1 is 1.40 bits per heavy atom. The molecule has 0 fully saturated rings. The van der Waals surface area contributed by atoms with E-state index in [1.807, 2.05) is 0 Å². The number of hydrogen-bond donors (Lipinski definition) is 2. The highest BCUT2D eigenvalue weighted by molar-refractivity contribution is 7.90. The van der Waals surface area contributed by atoms with E-state index in [0.29, 0.717) is 0 Å². The fraction of sp³-hybridized carbons (Fsp3) is 0.400. The Bertz CT molecular complexity index is 602. The second-order valence-corrected chi connectivity index (χ2v) is 6.67. The van der Waals surface area contributed by atoms with Crippen LogP contribution in [0.3, 0.4) is 0 Å². The van der Waals surface area contributed by atoms with Crippen molar-refractivity contribution in [3.8, 4) is 0 Å². The maximum atomic E-state index is 11.7. The van der Waals surface area contributed by atoms with E-state index < -0.39 is 27.8 Å². The number of amides is 1. The Hall–Kier alpha value is -1.74. The number of aliphatic carboxylic acids is 1. The molecule has 1 unspecified atom stereocenters. The number of carboxylic acid groups (broad SMARTS) is 1. The van der Waals surface area contributed by atoms with Gasteiger partial charge in [-0.2, -0.15) is 0 Å². The molecule has 0 aliphatic rings. The molecular weight excluding hydrogens is 310 g/mol. The number of halogens is 1. The number of carbonyl (C=O) groups is 2. The van der Waals surface area contributed by atoms with Crippen molar-refractivity contribution < 1.29 is 23.1 Å². The van der Waals surface area contributed by atoms with E-state index in [2.05, 4.69) is 15.5 Å². The normalized spacial score (nSPS) is 12.7. The number of aromatic nitrogens is 2. The molecule has 0 bridgehead atoms. The molecule has 0 radical (unpaired) electrons. The number of nitrogens with zero attached hydrogens (tertiary/aromatic N) is 2. The van der Waals surface area contributed by atoms with Crippen molar-refractivity contribution in [3.63, 3.8) is 0 Å². The third-order valence-corrected chi connectivity index (χ3v) is 3.42. The van der Waals surface area contributed by atoms with E-state index in [-0.39, 0.29) is 23.0 Å². The molecule has 0 aromatic carbocycles. The first-order chi connectivity index (χ1) is 9.19. The van der Waals surface area contributed by atoms with Crippen LogP contribution in [0.1, 0.15) is 16.9 Å². The lowest BCUT2D eigenvalue weighted by Crippen LogP contribution is -2.42. The van der Waals surface area contributed by atoms with Crippen molar-refractivity contribution in [2.45, 2.75) is 12.5 Å². The van der Waals surface area contributed by atoms with Gasteiger partial charge in [0.2, 0.25) is 0 Å². The van der Waals surface area contributed by atoms with E-state index in [9.17, 15) is 18.0 Å². The number of sulfone groups is 1. The highest BCUT2D eigenvalue weighted by Gasteiger charge is 2.22. The molecule has 0 saturated carbocycles. The molecule has 1 amide bonds. The quantitative estimate of drug-likeness (QED) is 0.739. The van der Waals surface area contributed by atoms with Crippen LogP contribution in [0.15, 0.2) is 12.1 Å². The van der Waals surface area contributed by atoms with Crippen LogP contribution in [0, 0.1) is 0 Å². The van der Waals surface area contributed by atoms with E-state index >= 15 is 0 Å². The zero-order valence-electron chi connectivity index (χ0n) is 10.4. The molecule has 2 N–H and O–H groups in total. The summed E-state index contributed by atoms with van der Waals surface area (Å²) in [7, 11) is -3.32. The molecule has 10 heteroatoms. The predicted molar refractivity (Wildman–Crippen MR) is 70.3 cm³/mol. The third kappa shape index (κ3) is 5.49. The highest BCUT2D eigenvalue weighted by atomic mass is 35.5. The molecule has 0 saturated heterocycles. The number of carbonyl (C=O) groups excluding carboxylic acids is 1. The Balaban J connectivity index is 2.73. The Kier molecular flexibility index (Phi) is 5.40. The summed E-state index contributed by atoms with van der Waals surface area (Å²) >= 11 is 5.51. The Labute approximate surface area is 120 Å². The first-order valence-electron chi connectivity index (χ1n) is 5.39. The van der Waals surface area contributed by atoms with E-state index in [0.717, 1.165) is 6.26 Å². The Morgan fingerprint density at radius 2 is 2.05 bits per heavy atom. The van der Waals surface area contributed by atoms with Gasteiger partial charge in [0.15, 0.2) is 10.8 Å². The van der Waals surface area contributed by atoms with Crippen LogP contribution in [0.25, 0.3) is 0 Å². The van der Waals surface area contributed by atoms with Gasteiger partial charge in [-0.05, 0) is 18.6 Å². The molecule has 0 aliphatic heterocycles. The molecule has 0 aliphatic carbocycles. The minimum Gasteiger partial charge on any atom is -0.480 e. The van der Waals surface area contributed by atoms with E-state index in [1.165, 1.54) is 12.1 Å². The van der Waals surface area contributed by atoms with Crippen LogP contribution in [0.2, 0.25) is 5.15 Å². The summed E-state index contributed by atoms with van der Waals surface area (Å²) in [6, 6.07) is 1.28. The van der Waals surface area contributed by atoms with Crippen molar-refractivity contribution in [2.24, 2.45) is 0 Å². The molecular formula is C10H12ClN3O5S. The number of carboxylic acids is 1. The summed E-state index contributed by atoms with van der Waals surface area (Å²) < 4.78 is 22.0. The maximum absolute atomic E-state index is 11.7. The number of rotatable bonds is 6. The minimum absolute atomic E-state index is 0.0911. The summed E-state index contributed by atoms with van der Waals surface area (Å²) in [4.78, 5) is 22.7. The second kappa shape index (κ2) is 6.62. The summed E-state index contributed by atoms with van der Waals surface area (Å²) in [6.07, 6.45) is 0.749. The van der Waals surface area contributed by atoms with Gasteiger partial charge >= 0.3 is 5.97 Å². The molecule has 1 aromatic rings. The zero-order valence-corrected chi connectivity index (χ0v) is 12.0. The van der Waals surface area contributed by atoms with Gasteiger partial charge in [0.1, 0.15) is 15.9 Å². The summed E-state index contributed by atoms with van der Waals surface area (Å²) in [5, 5.41) is 18.2. The average Bonchev–Trinajstić information content (AvgIpc) is 2.33. The van der Waals surface area contributed by atoms with Crippen LogP contribution in [-0.4, -0.2) is 53.6 Å². The molecule has 20 heavy (non-hydrogen) atoms. The fourth-order valence-corrected chi connectivity index (χ4v) is 2.02. The highest BCUT2D eigenvalue weighted by Crippen LogP contribution is 2.03. The summed E-state index contributed by atoms with van der Waals surface area (Å²) in [5.74, 6) is -2.45. The van der Waals surface area contributed by atoms with Crippen molar-refractivity contribution in [1.29, 1.82) is 0 Å². The molecule has 1 atom stereocenters. The average molecular weight is 322 g/mol. The van der Waals surface area contributed by atoms with Gasteiger partial charge in [0.25, 0.3) is 5.91 Å². The van der Waals surface area contributed by atoms with E-state index in [1.54, 1.807) is 0 Å². The lowest BCUT2D eigenvalue weighted by molar-refractivity contribution is -0.139. The maximum Gasteiger partial charge on any atom is 0.326 e. The summed E-state index contributed by atoms with van der Waals surface area (Å²) in [5.41, 5.74) is -0.111. The molecule has 1 aromatic heterocycles. The van der Waals surface area contributed by atoms with Gasteiger partial charge < -0.3 is 10.4 Å². The molecule has 0 spiro atoms. The van der Waals surface area contributed by atoms with Gasteiger partial charge in [-0.15, -0.1) is 10.2 Å². The van der Waals surface area contributed by atoms with Crippen molar-refractivity contribution in [3.05, 3.63) is 23.0 Å². The topological polar surface area (TPSA) is 126 Å². The lowest BCUT2D eigenvalue weighted by Gasteiger charge is -2.13. The molecule has 8 nitrogen and oxygen atoms in total. The minimum atomic E-state index is -3.32. The van der Waals surface area contributed by atoms with Crippen LogP contribution in [0.4, 0.5) is 0 Å². The van der Waals surface area contributed by atoms with Gasteiger partial charge in [-0.3, -0.25) is 4.79 Å². The van der Waals surface area contributed by atoms with Crippen molar-refractivity contribution >= 4 is 33.3 Å². The van der Waals surface area contributed by atoms with Crippen LogP contribution >= 0.6 is 11.6 Å². The monoisotopic (exact) mass is 321 g/mol. The first-order valence-corrected chi connectivity index (χ1v) is 7.83. The SMILES string of the molecule is CS(=O)(=O)CCC(NC(=O)c1ccc(Cl)nn1)C(=O)O. The van der Waals surface area contributed by atoms with Gasteiger partial charge in [0, 0.05) is 6.26 Å². The third-order valence-electron chi connectivity index (χ3n) is 2.25. The largest absolute Gasteiger partial charge is 0.480 e. The second-order valence-electron chi connectivity index (χ2n) is 4.02. The number of nitrogens with one attached hydrogen (secondary N) is 1. The van der Waals surface area contributed by atoms with Crippen molar-refractivity contribution in [1.82, 2.24) is 15.5 Å². The Morgan fingerprint density at radius 3 is 2.50 bits per heavy atom.